The van der Waals surface area contributed by atoms with Crippen LogP contribution in [0.5, 0.6) is 0 Å². The summed E-state index contributed by atoms with van der Waals surface area (Å²) < 4.78 is 5.59. The molecule has 2 rings (SSSR count). The summed E-state index contributed by atoms with van der Waals surface area (Å²) in [7, 11) is 0. The Balaban J connectivity index is 0.00000200. The van der Waals surface area contributed by atoms with Crippen molar-refractivity contribution < 1.29 is 9.53 Å². The van der Waals surface area contributed by atoms with Gasteiger partial charge in [-0.1, -0.05) is 29.8 Å². The molecule has 1 unspecified atom stereocenters. The van der Waals surface area contributed by atoms with Crippen LogP contribution in [0.2, 0.25) is 0 Å². The first-order chi connectivity index (χ1) is 9.10. The minimum Gasteiger partial charge on any atom is -0.364 e. The van der Waals surface area contributed by atoms with Crippen molar-refractivity contribution >= 4 is 18.3 Å². The number of benzene rings is 1. The van der Waals surface area contributed by atoms with E-state index in [2.05, 4.69) is 17.4 Å². The Morgan fingerprint density at radius 1 is 1.40 bits per heavy atom. The fourth-order valence-corrected chi connectivity index (χ4v) is 2.32. The van der Waals surface area contributed by atoms with Crippen LogP contribution in [0.25, 0.3) is 0 Å². The summed E-state index contributed by atoms with van der Waals surface area (Å²) in [5.41, 5.74) is 7.86. The molecule has 112 valence electrons. The van der Waals surface area contributed by atoms with Gasteiger partial charge in [-0.2, -0.15) is 0 Å². The molecular weight excluding hydrogens is 276 g/mol. The van der Waals surface area contributed by atoms with Gasteiger partial charge in [0.1, 0.15) is 6.10 Å². The lowest BCUT2D eigenvalue weighted by atomic mass is 10.1. The highest BCUT2D eigenvalue weighted by molar-refractivity contribution is 5.85. The lowest BCUT2D eigenvalue weighted by molar-refractivity contribution is -0.132. The molecule has 0 aliphatic carbocycles. The predicted octanol–water partition coefficient (Wildman–Crippen LogP) is 2.10. The molecule has 0 radical (unpaired) electrons. The summed E-state index contributed by atoms with van der Waals surface area (Å²) >= 11 is 0. The Labute approximate surface area is 126 Å². The van der Waals surface area contributed by atoms with E-state index in [1.807, 2.05) is 26.0 Å². The third-order valence-electron chi connectivity index (χ3n) is 3.60. The highest BCUT2D eigenvalue weighted by atomic mass is 35.5. The number of nitrogens with two attached hydrogens (primary N) is 1. The first-order valence-electron chi connectivity index (χ1n) is 6.82. The second-order valence-electron chi connectivity index (χ2n) is 5.20. The van der Waals surface area contributed by atoms with Crippen molar-refractivity contribution in [3.63, 3.8) is 0 Å². The molecule has 1 aliphatic heterocycles. The largest absolute Gasteiger partial charge is 0.364 e. The second-order valence-corrected chi connectivity index (χ2v) is 5.20. The molecule has 3 N–H and O–H groups in total. The van der Waals surface area contributed by atoms with E-state index in [1.54, 1.807) is 0 Å². The minimum absolute atomic E-state index is 0. The molecule has 3 atom stereocenters. The number of aryl methyl sites for hydroxylation is 1. The number of ether oxygens (including phenoxy) is 1. The van der Waals surface area contributed by atoms with Gasteiger partial charge in [0.2, 0.25) is 5.91 Å². The van der Waals surface area contributed by atoms with Crippen molar-refractivity contribution in [2.45, 2.75) is 44.9 Å². The minimum atomic E-state index is -0.346. The molecule has 1 aromatic carbocycles. The Morgan fingerprint density at radius 3 is 2.60 bits per heavy atom. The van der Waals surface area contributed by atoms with E-state index in [0.717, 1.165) is 18.4 Å². The van der Waals surface area contributed by atoms with Crippen LogP contribution in [0.3, 0.4) is 0 Å². The highest BCUT2D eigenvalue weighted by Crippen LogP contribution is 2.20. The van der Waals surface area contributed by atoms with Crippen molar-refractivity contribution in [2.75, 3.05) is 6.54 Å². The third kappa shape index (κ3) is 4.20. The maximum absolute atomic E-state index is 12.1. The number of carbonyl (C=O) groups is 1. The van der Waals surface area contributed by atoms with E-state index in [0.29, 0.717) is 6.54 Å². The number of halogens is 1. The number of hydrogen-bond acceptors (Lipinski definition) is 3. The standard InChI is InChI=1S/C15H22N2O2.ClH/c1-10-3-5-12(6-4-10)11(2)17-15(18)14-8-7-13(9-16)19-14;/h3-6,11,13-14H,7-9,16H2,1-2H3,(H,17,18);1H/t11?,13-,14+;/m1./s1. The van der Waals surface area contributed by atoms with E-state index < -0.39 is 0 Å². The molecule has 0 bridgehead atoms. The van der Waals surface area contributed by atoms with E-state index in [9.17, 15) is 4.79 Å². The lowest BCUT2D eigenvalue weighted by Gasteiger charge is -2.18. The zero-order chi connectivity index (χ0) is 13.8. The van der Waals surface area contributed by atoms with Crippen LogP contribution in [0.15, 0.2) is 24.3 Å². The van der Waals surface area contributed by atoms with Crippen molar-refractivity contribution in [2.24, 2.45) is 5.73 Å². The first kappa shape index (κ1) is 17.0. The first-order valence-corrected chi connectivity index (χ1v) is 6.82. The number of hydrogen-bond donors (Lipinski definition) is 2. The van der Waals surface area contributed by atoms with Gasteiger partial charge in [0.25, 0.3) is 0 Å². The average Bonchev–Trinajstić information content (AvgIpc) is 2.88. The topological polar surface area (TPSA) is 64.4 Å². The Hall–Kier alpha value is -1.10. The fraction of sp³-hybridized carbons (Fsp3) is 0.533. The van der Waals surface area contributed by atoms with Gasteiger partial charge in [0.15, 0.2) is 0 Å². The van der Waals surface area contributed by atoms with E-state index in [4.69, 9.17) is 10.5 Å². The fourth-order valence-electron chi connectivity index (χ4n) is 2.32. The predicted molar refractivity (Wildman–Crippen MR) is 81.9 cm³/mol. The lowest BCUT2D eigenvalue weighted by Crippen LogP contribution is -2.36. The van der Waals surface area contributed by atoms with Crippen LogP contribution in [-0.2, 0) is 9.53 Å². The molecule has 0 saturated carbocycles. The van der Waals surface area contributed by atoms with Crippen LogP contribution < -0.4 is 11.1 Å². The average molecular weight is 299 g/mol. The smallest absolute Gasteiger partial charge is 0.249 e. The monoisotopic (exact) mass is 298 g/mol. The van der Waals surface area contributed by atoms with E-state index in [-0.39, 0.29) is 36.6 Å². The van der Waals surface area contributed by atoms with Crippen LogP contribution >= 0.6 is 12.4 Å². The van der Waals surface area contributed by atoms with Crippen molar-refractivity contribution in [1.29, 1.82) is 0 Å². The van der Waals surface area contributed by atoms with Gasteiger partial charge >= 0.3 is 0 Å². The molecule has 1 saturated heterocycles. The Kier molecular flexibility index (Phi) is 6.46. The van der Waals surface area contributed by atoms with Crippen LogP contribution in [0.1, 0.15) is 36.9 Å². The van der Waals surface area contributed by atoms with E-state index in [1.165, 1.54) is 5.56 Å². The number of rotatable bonds is 4. The van der Waals surface area contributed by atoms with Gasteiger partial charge in [0, 0.05) is 6.54 Å². The SMILES string of the molecule is Cc1ccc(C(C)NC(=O)[C@@H]2CC[C@H](CN)O2)cc1.Cl. The molecule has 1 heterocycles. The highest BCUT2D eigenvalue weighted by Gasteiger charge is 2.30. The third-order valence-corrected chi connectivity index (χ3v) is 3.60. The van der Waals surface area contributed by atoms with Crippen molar-refractivity contribution in [3.05, 3.63) is 35.4 Å². The molecule has 0 aromatic heterocycles. The summed E-state index contributed by atoms with van der Waals surface area (Å²) in [5, 5.41) is 3.00. The second kappa shape index (κ2) is 7.62. The molecule has 1 amide bonds. The maximum atomic E-state index is 12.1. The van der Waals surface area contributed by atoms with Gasteiger partial charge in [-0.05, 0) is 32.3 Å². The molecule has 1 aromatic rings. The van der Waals surface area contributed by atoms with Crippen molar-refractivity contribution in [3.8, 4) is 0 Å². The molecular formula is C15H23ClN2O2. The zero-order valence-corrected chi connectivity index (χ0v) is 12.8. The normalized spacial score (nSPS) is 22.9. The summed E-state index contributed by atoms with van der Waals surface area (Å²) in [4.78, 5) is 12.1. The molecule has 5 heteroatoms. The molecule has 0 spiro atoms. The van der Waals surface area contributed by atoms with Crippen LogP contribution in [0, 0.1) is 6.92 Å². The summed E-state index contributed by atoms with van der Waals surface area (Å²) in [5.74, 6) is -0.0379. The Morgan fingerprint density at radius 2 is 2.05 bits per heavy atom. The summed E-state index contributed by atoms with van der Waals surface area (Å²) in [6, 6.07) is 8.17. The van der Waals surface area contributed by atoms with E-state index >= 15 is 0 Å². The van der Waals surface area contributed by atoms with Crippen LogP contribution in [0.4, 0.5) is 0 Å². The Bertz CT molecular complexity index is 436. The van der Waals surface area contributed by atoms with Gasteiger partial charge < -0.3 is 15.8 Å². The quantitative estimate of drug-likeness (QED) is 0.895. The molecule has 4 nitrogen and oxygen atoms in total. The van der Waals surface area contributed by atoms with Gasteiger partial charge in [-0.15, -0.1) is 12.4 Å². The number of amides is 1. The number of nitrogens with one attached hydrogen (secondary N) is 1. The summed E-state index contributed by atoms with van der Waals surface area (Å²) in [6.07, 6.45) is 1.31. The molecule has 1 aliphatic rings. The van der Waals surface area contributed by atoms with Gasteiger partial charge in [0.05, 0.1) is 12.1 Å². The van der Waals surface area contributed by atoms with Crippen LogP contribution in [-0.4, -0.2) is 24.7 Å². The summed E-state index contributed by atoms with van der Waals surface area (Å²) in [6.45, 7) is 4.52. The zero-order valence-electron chi connectivity index (χ0n) is 12.0. The van der Waals surface area contributed by atoms with Gasteiger partial charge in [-0.3, -0.25) is 4.79 Å². The molecule has 20 heavy (non-hydrogen) atoms. The molecule has 1 fully saturated rings. The van der Waals surface area contributed by atoms with Crippen molar-refractivity contribution in [1.82, 2.24) is 5.32 Å². The maximum Gasteiger partial charge on any atom is 0.249 e. The van der Waals surface area contributed by atoms with Gasteiger partial charge in [-0.25, -0.2) is 0 Å². The number of carbonyl (C=O) groups excluding carboxylic acids is 1.